The molecule has 7 heteroatoms. The van der Waals surface area contributed by atoms with Gasteiger partial charge in [-0.05, 0) is 37.5 Å². The molecule has 0 spiro atoms. The number of aromatic nitrogens is 2. The van der Waals surface area contributed by atoms with Crippen molar-refractivity contribution in [1.82, 2.24) is 14.7 Å². The molecule has 3 rings (SSSR count). The van der Waals surface area contributed by atoms with Crippen molar-refractivity contribution in [2.24, 2.45) is 7.05 Å². The van der Waals surface area contributed by atoms with Crippen LogP contribution in [0.15, 0.2) is 24.3 Å². The van der Waals surface area contributed by atoms with Gasteiger partial charge in [-0.3, -0.25) is 9.48 Å². The van der Waals surface area contributed by atoms with Crippen molar-refractivity contribution in [3.8, 4) is 0 Å². The number of carboxylic acids is 1. The van der Waals surface area contributed by atoms with Gasteiger partial charge in [-0.25, -0.2) is 4.79 Å². The van der Waals surface area contributed by atoms with Gasteiger partial charge >= 0.3 is 5.97 Å². The minimum absolute atomic E-state index is 0.111. The number of likely N-dealkylation sites (tertiary alicyclic amines) is 1. The van der Waals surface area contributed by atoms with Gasteiger partial charge in [0.25, 0.3) is 5.91 Å². The normalized spacial score (nSPS) is 17.6. The molecule has 1 aliphatic rings. The minimum atomic E-state index is -0.937. The molecule has 1 unspecified atom stereocenters. The van der Waals surface area contributed by atoms with Gasteiger partial charge in [0.05, 0.1) is 16.3 Å². The molecule has 1 aromatic carbocycles. The summed E-state index contributed by atoms with van der Waals surface area (Å²) in [6, 6.07) is 6.89. The quantitative estimate of drug-likeness (QED) is 0.911. The third-order valence-electron chi connectivity index (χ3n) is 4.69. The molecule has 1 N–H and O–H groups in total. The summed E-state index contributed by atoms with van der Waals surface area (Å²) in [5.41, 5.74) is 2.38. The van der Waals surface area contributed by atoms with Gasteiger partial charge in [0.15, 0.2) is 0 Å². The summed E-state index contributed by atoms with van der Waals surface area (Å²) in [6.07, 6.45) is 1.86. The molecule has 132 valence electrons. The van der Waals surface area contributed by atoms with E-state index in [-0.39, 0.29) is 17.4 Å². The maximum absolute atomic E-state index is 12.9. The number of carboxylic acid groups (broad SMARTS) is 1. The van der Waals surface area contributed by atoms with Crippen molar-refractivity contribution >= 4 is 23.5 Å². The fourth-order valence-electron chi connectivity index (χ4n) is 3.35. The predicted octanol–water partition coefficient (Wildman–Crippen LogP) is 3.10. The van der Waals surface area contributed by atoms with E-state index in [1.165, 1.54) is 4.68 Å². The van der Waals surface area contributed by atoms with E-state index in [2.05, 4.69) is 5.10 Å². The fraction of sp³-hybridized carbons (Fsp3) is 0.389. The van der Waals surface area contributed by atoms with Crippen LogP contribution in [0.3, 0.4) is 0 Å². The maximum Gasteiger partial charge on any atom is 0.335 e. The molecule has 1 fully saturated rings. The van der Waals surface area contributed by atoms with E-state index in [0.29, 0.717) is 29.5 Å². The lowest BCUT2D eigenvalue weighted by molar-refractivity contribution is 0.0690. The van der Waals surface area contributed by atoms with Gasteiger partial charge < -0.3 is 10.0 Å². The zero-order chi connectivity index (χ0) is 18.1. The first kappa shape index (κ1) is 17.5. The Morgan fingerprint density at radius 1 is 1.28 bits per heavy atom. The highest BCUT2D eigenvalue weighted by molar-refractivity contribution is 6.34. The lowest BCUT2D eigenvalue weighted by atomic mass is 9.90. The average molecular weight is 362 g/mol. The second kappa shape index (κ2) is 6.88. The number of benzene rings is 1. The van der Waals surface area contributed by atoms with E-state index in [1.807, 2.05) is 17.0 Å². The summed E-state index contributed by atoms with van der Waals surface area (Å²) >= 11 is 6.24. The highest BCUT2D eigenvalue weighted by atomic mass is 35.5. The molecular formula is C18H20ClN3O3. The highest BCUT2D eigenvalue weighted by Gasteiger charge is 2.29. The Morgan fingerprint density at radius 3 is 2.52 bits per heavy atom. The van der Waals surface area contributed by atoms with Crippen LogP contribution >= 0.6 is 11.6 Å². The lowest BCUT2D eigenvalue weighted by Gasteiger charge is -2.33. The van der Waals surface area contributed by atoms with E-state index < -0.39 is 5.97 Å². The molecule has 25 heavy (non-hydrogen) atoms. The molecule has 0 saturated carbocycles. The summed E-state index contributed by atoms with van der Waals surface area (Å²) in [4.78, 5) is 25.7. The van der Waals surface area contributed by atoms with Crippen LogP contribution in [-0.2, 0) is 7.05 Å². The first-order chi connectivity index (χ1) is 11.9. The summed E-state index contributed by atoms with van der Waals surface area (Å²) in [5.74, 6) is -0.859. The Kier molecular flexibility index (Phi) is 4.81. The van der Waals surface area contributed by atoms with Gasteiger partial charge in [-0.1, -0.05) is 23.7 Å². The number of aromatic carboxylic acids is 1. The second-order valence-corrected chi connectivity index (χ2v) is 6.77. The molecule has 2 aromatic rings. The average Bonchev–Trinajstić information content (AvgIpc) is 2.86. The number of piperidine rings is 1. The number of hydrogen-bond acceptors (Lipinski definition) is 3. The Balaban J connectivity index is 1.78. The monoisotopic (exact) mass is 361 g/mol. The van der Waals surface area contributed by atoms with Gasteiger partial charge in [0.2, 0.25) is 0 Å². The number of hydrogen-bond donors (Lipinski definition) is 1. The molecular weight excluding hydrogens is 342 g/mol. The lowest BCUT2D eigenvalue weighted by Crippen LogP contribution is -2.40. The number of amides is 1. The molecule has 2 heterocycles. The SMILES string of the molecule is Cc1nn(C)c(C(=O)N2CCCC(c3ccc(C(=O)O)cc3)C2)c1Cl. The summed E-state index contributed by atoms with van der Waals surface area (Å²) in [6.45, 7) is 3.05. The van der Waals surface area contributed by atoms with Crippen LogP contribution in [0.2, 0.25) is 5.02 Å². The smallest absolute Gasteiger partial charge is 0.335 e. The topological polar surface area (TPSA) is 75.4 Å². The second-order valence-electron chi connectivity index (χ2n) is 6.39. The maximum atomic E-state index is 12.9. The number of nitrogens with zero attached hydrogens (tertiary/aromatic N) is 3. The van der Waals surface area contributed by atoms with Crippen LogP contribution in [0.1, 0.15) is 50.9 Å². The van der Waals surface area contributed by atoms with Crippen molar-refractivity contribution in [2.45, 2.75) is 25.7 Å². The summed E-state index contributed by atoms with van der Waals surface area (Å²) in [7, 11) is 1.72. The van der Waals surface area contributed by atoms with Crippen LogP contribution < -0.4 is 0 Å². The van der Waals surface area contributed by atoms with E-state index >= 15 is 0 Å². The van der Waals surface area contributed by atoms with Crippen molar-refractivity contribution in [2.75, 3.05) is 13.1 Å². The summed E-state index contributed by atoms with van der Waals surface area (Å²) < 4.78 is 1.53. The number of aryl methyl sites for hydroxylation is 2. The molecule has 6 nitrogen and oxygen atoms in total. The molecule has 1 aliphatic heterocycles. The Labute approximate surface area is 151 Å². The van der Waals surface area contributed by atoms with Crippen molar-refractivity contribution < 1.29 is 14.7 Å². The third-order valence-corrected chi connectivity index (χ3v) is 5.14. The first-order valence-electron chi connectivity index (χ1n) is 8.20. The summed E-state index contributed by atoms with van der Waals surface area (Å²) in [5, 5.41) is 13.6. The van der Waals surface area contributed by atoms with E-state index in [9.17, 15) is 9.59 Å². The Hall–Kier alpha value is -2.34. The van der Waals surface area contributed by atoms with Gasteiger partial charge in [0.1, 0.15) is 5.69 Å². The van der Waals surface area contributed by atoms with Crippen LogP contribution in [0.5, 0.6) is 0 Å². The number of rotatable bonds is 3. The van der Waals surface area contributed by atoms with Crippen molar-refractivity contribution in [3.05, 3.63) is 51.8 Å². The third kappa shape index (κ3) is 3.39. The molecule has 0 aliphatic carbocycles. The van der Waals surface area contributed by atoms with Gasteiger partial charge in [-0.2, -0.15) is 5.10 Å². The largest absolute Gasteiger partial charge is 0.478 e. The Morgan fingerprint density at radius 2 is 1.96 bits per heavy atom. The van der Waals surface area contributed by atoms with Crippen molar-refractivity contribution in [3.63, 3.8) is 0 Å². The predicted molar refractivity (Wildman–Crippen MR) is 94.2 cm³/mol. The van der Waals surface area contributed by atoms with Gasteiger partial charge in [-0.15, -0.1) is 0 Å². The minimum Gasteiger partial charge on any atom is -0.478 e. The van der Waals surface area contributed by atoms with Crippen LogP contribution in [-0.4, -0.2) is 44.8 Å². The first-order valence-corrected chi connectivity index (χ1v) is 8.58. The highest BCUT2D eigenvalue weighted by Crippen LogP contribution is 2.29. The molecule has 1 aromatic heterocycles. The standard InChI is InChI=1S/C18H20ClN3O3/c1-11-15(19)16(21(2)20-11)17(23)22-9-3-4-14(10-22)12-5-7-13(8-6-12)18(24)25/h5-8,14H,3-4,9-10H2,1-2H3,(H,24,25). The van der Waals surface area contributed by atoms with Crippen LogP contribution in [0.25, 0.3) is 0 Å². The molecule has 0 radical (unpaired) electrons. The molecule has 1 saturated heterocycles. The van der Waals surface area contributed by atoms with Crippen LogP contribution in [0, 0.1) is 6.92 Å². The molecule has 1 amide bonds. The number of halogens is 1. The van der Waals surface area contributed by atoms with Crippen molar-refractivity contribution in [1.29, 1.82) is 0 Å². The fourth-order valence-corrected chi connectivity index (χ4v) is 3.59. The van der Waals surface area contributed by atoms with Crippen LogP contribution in [0.4, 0.5) is 0 Å². The molecule has 0 bridgehead atoms. The number of carbonyl (C=O) groups is 2. The Bertz CT molecular complexity index is 814. The zero-order valence-corrected chi connectivity index (χ0v) is 15.0. The molecule has 1 atom stereocenters. The zero-order valence-electron chi connectivity index (χ0n) is 14.2. The number of carbonyl (C=O) groups excluding carboxylic acids is 1. The van der Waals surface area contributed by atoms with Gasteiger partial charge in [0, 0.05) is 26.1 Å². The van der Waals surface area contributed by atoms with E-state index in [0.717, 1.165) is 18.4 Å². The van der Waals surface area contributed by atoms with E-state index in [1.54, 1.807) is 26.1 Å². The van der Waals surface area contributed by atoms with E-state index in [4.69, 9.17) is 16.7 Å².